The van der Waals surface area contributed by atoms with Crippen LogP contribution in [0.3, 0.4) is 0 Å². The highest BCUT2D eigenvalue weighted by Crippen LogP contribution is 2.52. The Bertz CT molecular complexity index is 432. The van der Waals surface area contributed by atoms with E-state index in [1.54, 1.807) is 0 Å². The van der Waals surface area contributed by atoms with Crippen LogP contribution in [-0.2, 0) is 0 Å². The van der Waals surface area contributed by atoms with E-state index in [0.29, 0.717) is 23.5 Å². The third kappa shape index (κ3) is 2.92. The Labute approximate surface area is 137 Å². The summed E-state index contributed by atoms with van der Waals surface area (Å²) in [4.78, 5) is 4.74. The number of hydrogen-bond acceptors (Lipinski definition) is 5. The molecule has 4 nitrogen and oxygen atoms in total. The summed E-state index contributed by atoms with van der Waals surface area (Å²) >= 11 is 2.12. The second-order valence-electron chi connectivity index (χ2n) is 7.83. The van der Waals surface area contributed by atoms with E-state index >= 15 is 0 Å². The standard InChI is InChI=1S/C17H29N3OS/c1-10-5-6-14-13(7-10)15-16(18-9-19-17(15)22-14)20-11-3-2-4-12(21)8-11/h9-17,20-21H,2-8H2,1H3,(H,18,19). The quantitative estimate of drug-likeness (QED) is 0.730. The molecule has 22 heavy (non-hydrogen) atoms. The highest BCUT2D eigenvalue weighted by Gasteiger charge is 2.50. The van der Waals surface area contributed by atoms with Crippen LogP contribution in [0, 0.1) is 17.8 Å². The largest absolute Gasteiger partial charge is 0.393 e. The molecule has 124 valence electrons. The van der Waals surface area contributed by atoms with E-state index in [1.165, 1.54) is 25.7 Å². The zero-order valence-electron chi connectivity index (χ0n) is 13.4. The molecule has 2 saturated carbocycles. The Balaban J connectivity index is 1.46. The molecule has 0 radical (unpaired) electrons. The topological polar surface area (TPSA) is 56.7 Å². The summed E-state index contributed by atoms with van der Waals surface area (Å²) in [6.07, 6.45) is 10.5. The van der Waals surface area contributed by atoms with Crippen LogP contribution in [0.15, 0.2) is 4.99 Å². The Hall–Kier alpha value is -0.260. The van der Waals surface area contributed by atoms with Crippen molar-refractivity contribution < 1.29 is 5.11 Å². The number of hydrogen-bond donors (Lipinski definition) is 3. The van der Waals surface area contributed by atoms with Crippen molar-refractivity contribution in [3.63, 3.8) is 0 Å². The molecule has 2 heterocycles. The van der Waals surface area contributed by atoms with Gasteiger partial charge >= 0.3 is 0 Å². The lowest BCUT2D eigenvalue weighted by Gasteiger charge is -2.40. The smallest absolute Gasteiger partial charge is 0.103 e. The van der Waals surface area contributed by atoms with Crippen molar-refractivity contribution in [2.75, 3.05) is 0 Å². The van der Waals surface area contributed by atoms with Gasteiger partial charge in [0.05, 0.1) is 18.6 Å². The van der Waals surface area contributed by atoms with Gasteiger partial charge in [0.25, 0.3) is 0 Å². The fraction of sp³-hybridized carbons (Fsp3) is 0.941. The Morgan fingerprint density at radius 1 is 1.23 bits per heavy atom. The van der Waals surface area contributed by atoms with Crippen LogP contribution in [0.4, 0.5) is 0 Å². The lowest BCUT2D eigenvalue weighted by atomic mass is 9.74. The first-order valence-electron chi connectivity index (χ1n) is 9.08. The van der Waals surface area contributed by atoms with Gasteiger partial charge in [0.1, 0.15) is 5.37 Å². The summed E-state index contributed by atoms with van der Waals surface area (Å²) in [6, 6.07) is 0.457. The van der Waals surface area contributed by atoms with E-state index in [9.17, 15) is 5.11 Å². The third-order valence-electron chi connectivity index (χ3n) is 6.16. The number of aliphatic imine (C=N–C) groups is 1. The minimum atomic E-state index is -0.111. The SMILES string of the molecule is CC1CCC2SC3N=CNC(NC4CCCC(O)C4)C3C2C1. The van der Waals surface area contributed by atoms with Crippen LogP contribution in [0.1, 0.15) is 51.9 Å². The summed E-state index contributed by atoms with van der Waals surface area (Å²) in [5.41, 5.74) is 0. The number of nitrogens with zero attached hydrogens (tertiary/aromatic N) is 1. The highest BCUT2D eigenvalue weighted by molar-refractivity contribution is 8.00. The maximum atomic E-state index is 9.93. The number of aliphatic hydroxyl groups is 1. The molecule has 3 fully saturated rings. The molecule has 0 aromatic carbocycles. The summed E-state index contributed by atoms with van der Waals surface area (Å²) in [5.74, 6) is 2.28. The van der Waals surface area contributed by atoms with Crippen molar-refractivity contribution >= 4 is 18.1 Å². The van der Waals surface area contributed by atoms with Gasteiger partial charge in [-0.2, -0.15) is 0 Å². The first-order chi connectivity index (χ1) is 10.7. The first kappa shape index (κ1) is 15.3. The van der Waals surface area contributed by atoms with E-state index < -0.39 is 0 Å². The van der Waals surface area contributed by atoms with Crippen LogP contribution in [-0.4, -0.2) is 40.4 Å². The molecule has 4 rings (SSSR count). The molecule has 0 spiro atoms. The number of thioether (sulfide) groups is 1. The van der Waals surface area contributed by atoms with Gasteiger partial charge in [0.15, 0.2) is 0 Å². The van der Waals surface area contributed by atoms with Crippen LogP contribution in [0.2, 0.25) is 0 Å². The minimum absolute atomic E-state index is 0.111. The van der Waals surface area contributed by atoms with E-state index in [-0.39, 0.29) is 6.10 Å². The van der Waals surface area contributed by atoms with Crippen molar-refractivity contribution in [2.24, 2.45) is 22.7 Å². The van der Waals surface area contributed by atoms with E-state index in [2.05, 4.69) is 29.3 Å². The average Bonchev–Trinajstić information content (AvgIpc) is 2.86. The van der Waals surface area contributed by atoms with Gasteiger partial charge in [-0.25, -0.2) is 0 Å². The van der Waals surface area contributed by atoms with Gasteiger partial charge in [-0.15, -0.1) is 11.8 Å². The maximum Gasteiger partial charge on any atom is 0.103 e. The predicted molar refractivity (Wildman–Crippen MR) is 92.0 cm³/mol. The van der Waals surface area contributed by atoms with Crippen molar-refractivity contribution in [3.8, 4) is 0 Å². The Kier molecular flexibility index (Phi) is 4.39. The molecule has 0 aromatic rings. The molecule has 1 saturated heterocycles. The molecule has 4 aliphatic rings. The number of rotatable bonds is 2. The normalized spacial score (nSPS) is 51.0. The molecule has 5 heteroatoms. The Morgan fingerprint density at radius 3 is 3.00 bits per heavy atom. The lowest BCUT2D eigenvalue weighted by molar-refractivity contribution is 0.0959. The fourth-order valence-corrected chi connectivity index (χ4v) is 6.83. The van der Waals surface area contributed by atoms with Gasteiger partial charge < -0.3 is 10.4 Å². The number of nitrogens with one attached hydrogen (secondary N) is 2. The lowest BCUT2D eigenvalue weighted by Crippen LogP contribution is -2.57. The van der Waals surface area contributed by atoms with E-state index in [0.717, 1.165) is 36.3 Å². The van der Waals surface area contributed by atoms with Crippen molar-refractivity contribution in [1.82, 2.24) is 10.6 Å². The summed E-state index contributed by atoms with van der Waals surface area (Å²) in [7, 11) is 0. The van der Waals surface area contributed by atoms with Gasteiger partial charge in [-0.3, -0.25) is 10.3 Å². The third-order valence-corrected chi connectivity index (χ3v) is 7.81. The second-order valence-corrected chi connectivity index (χ2v) is 9.19. The average molecular weight is 324 g/mol. The van der Waals surface area contributed by atoms with Crippen LogP contribution in [0.25, 0.3) is 0 Å². The van der Waals surface area contributed by atoms with Crippen LogP contribution >= 0.6 is 11.8 Å². The van der Waals surface area contributed by atoms with E-state index in [1.807, 2.05) is 6.34 Å². The molecule has 0 bridgehead atoms. The monoisotopic (exact) mass is 323 g/mol. The first-order valence-corrected chi connectivity index (χ1v) is 10.0. The molecular formula is C17H29N3OS. The second kappa shape index (κ2) is 6.33. The van der Waals surface area contributed by atoms with Crippen molar-refractivity contribution in [1.29, 1.82) is 0 Å². The molecule has 8 unspecified atom stereocenters. The number of aliphatic hydroxyl groups excluding tert-OH is 1. The molecule has 0 amide bonds. The summed E-state index contributed by atoms with van der Waals surface area (Å²) < 4.78 is 0. The fourth-order valence-electron chi connectivity index (χ4n) is 5.04. The van der Waals surface area contributed by atoms with Crippen LogP contribution in [0.5, 0.6) is 0 Å². The van der Waals surface area contributed by atoms with Crippen LogP contribution < -0.4 is 10.6 Å². The predicted octanol–water partition coefficient (Wildman–Crippen LogP) is 2.33. The van der Waals surface area contributed by atoms with Crippen molar-refractivity contribution in [2.45, 2.75) is 80.8 Å². The van der Waals surface area contributed by atoms with Gasteiger partial charge in [-0.05, 0) is 56.8 Å². The van der Waals surface area contributed by atoms with Crippen molar-refractivity contribution in [3.05, 3.63) is 0 Å². The molecule has 0 aromatic heterocycles. The molecule has 2 aliphatic heterocycles. The number of fused-ring (bicyclic) bond motifs is 3. The Morgan fingerprint density at radius 2 is 2.14 bits per heavy atom. The summed E-state index contributed by atoms with van der Waals surface area (Å²) in [5, 5.41) is 18.5. The molecular weight excluding hydrogens is 294 g/mol. The highest BCUT2D eigenvalue weighted by atomic mass is 32.2. The van der Waals surface area contributed by atoms with Gasteiger partial charge in [-0.1, -0.05) is 6.92 Å². The molecule has 8 atom stereocenters. The molecule has 2 aliphatic carbocycles. The summed E-state index contributed by atoms with van der Waals surface area (Å²) in [6.45, 7) is 2.41. The minimum Gasteiger partial charge on any atom is -0.393 e. The zero-order valence-corrected chi connectivity index (χ0v) is 14.3. The van der Waals surface area contributed by atoms with Gasteiger partial charge in [0, 0.05) is 17.2 Å². The zero-order chi connectivity index (χ0) is 15.1. The maximum absolute atomic E-state index is 9.93. The molecule has 3 N–H and O–H groups in total. The van der Waals surface area contributed by atoms with E-state index in [4.69, 9.17) is 4.99 Å². The van der Waals surface area contributed by atoms with Gasteiger partial charge in [0.2, 0.25) is 0 Å².